The van der Waals surface area contributed by atoms with E-state index in [2.05, 4.69) is 28.7 Å². The second kappa shape index (κ2) is 6.93. The van der Waals surface area contributed by atoms with Gasteiger partial charge in [-0.3, -0.25) is 0 Å². The van der Waals surface area contributed by atoms with Gasteiger partial charge in [0.05, 0.1) is 12.0 Å². The molecule has 1 saturated carbocycles. The third-order valence-electron chi connectivity index (χ3n) is 3.91. The first-order chi connectivity index (χ1) is 8.77. The van der Waals surface area contributed by atoms with Crippen LogP contribution in [0.1, 0.15) is 70.5 Å². The zero-order chi connectivity index (χ0) is 12.8. The fourth-order valence-corrected chi connectivity index (χ4v) is 2.82. The van der Waals surface area contributed by atoms with Crippen LogP contribution in [0.5, 0.6) is 0 Å². The molecule has 0 saturated heterocycles. The Morgan fingerprint density at radius 3 is 2.56 bits per heavy atom. The van der Waals surface area contributed by atoms with Crippen LogP contribution in [-0.4, -0.2) is 15.6 Å². The first-order valence-electron chi connectivity index (χ1n) is 7.51. The van der Waals surface area contributed by atoms with Gasteiger partial charge in [0.1, 0.15) is 0 Å². The first-order valence-corrected chi connectivity index (χ1v) is 7.51. The number of rotatable bonds is 4. The number of hydrogen-bond donors (Lipinski definition) is 1. The summed E-state index contributed by atoms with van der Waals surface area (Å²) in [6.45, 7) is 5.32. The molecule has 3 nitrogen and oxygen atoms in total. The summed E-state index contributed by atoms with van der Waals surface area (Å²) in [6, 6.07) is 1.21. The van der Waals surface area contributed by atoms with Crippen molar-refractivity contribution in [2.75, 3.05) is 0 Å². The van der Waals surface area contributed by atoms with Gasteiger partial charge in [0.15, 0.2) is 0 Å². The van der Waals surface area contributed by atoms with Crippen molar-refractivity contribution in [2.45, 2.75) is 77.4 Å². The lowest BCUT2D eigenvalue weighted by molar-refractivity contribution is 0.361. The predicted molar refractivity (Wildman–Crippen MR) is 75.6 cm³/mol. The van der Waals surface area contributed by atoms with Crippen molar-refractivity contribution in [3.63, 3.8) is 0 Å². The van der Waals surface area contributed by atoms with Crippen LogP contribution in [0.4, 0.5) is 0 Å². The third kappa shape index (κ3) is 3.84. The Bertz CT molecular complexity index is 335. The maximum Gasteiger partial charge on any atom is 0.0951 e. The van der Waals surface area contributed by atoms with E-state index in [4.69, 9.17) is 0 Å². The normalized spacial score (nSPS) is 18.8. The highest BCUT2D eigenvalue weighted by Crippen LogP contribution is 2.27. The summed E-state index contributed by atoms with van der Waals surface area (Å²) in [5, 5.41) is 3.49. The van der Waals surface area contributed by atoms with E-state index in [0.717, 1.165) is 6.54 Å². The lowest BCUT2D eigenvalue weighted by Gasteiger charge is -2.23. The molecule has 1 aromatic heterocycles. The van der Waals surface area contributed by atoms with E-state index < -0.39 is 0 Å². The second-order valence-corrected chi connectivity index (χ2v) is 5.83. The highest BCUT2D eigenvalue weighted by atomic mass is 15.1. The molecule has 102 valence electrons. The molecule has 0 aliphatic heterocycles. The number of imidazole rings is 1. The van der Waals surface area contributed by atoms with Gasteiger partial charge in [-0.15, -0.1) is 0 Å². The maximum absolute atomic E-state index is 4.35. The number of nitrogens with zero attached hydrogens (tertiary/aromatic N) is 2. The van der Waals surface area contributed by atoms with E-state index in [1.165, 1.54) is 50.6 Å². The molecule has 1 aliphatic carbocycles. The van der Waals surface area contributed by atoms with Crippen molar-refractivity contribution >= 4 is 0 Å². The van der Waals surface area contributed by atoms with Crippen LogP contribution in [0.2, 0.25) is 0 Å². The molecule has 0 unspecified atom stereocenters. The molecule has 1 N–H and O–H groups in total. The SMILES string of the molecule is CC(C)NCc1cncn1C1CCCCCCC1. The van der Waals surface area contributed by atoms with Crippen molar-refractivity contribution in [2.24, 2.45) is 0 Å². The minimum absolute atomic E-state index is 0.533. The lowest BCUT2D eigenvalue weighted by atomic mass is 9.96. The Labute approximate surface area is 111 Å². The molecule has 2 rings (SSSR count). The molecular formula is C15H27N3. The summed E-state index contributed by atoms with van der Waals surface area (Å²) in [5.74, 6) is 0. The fourth-order valence-electron chi connectivity index (χ4n) is 2.82. The van der Waals surface area contributed by atoms with Crippen LogP contribution in [0.15, 0.2) is 12.5 Å². The molecule has 1 heterocycles. The van der Waals surface area contributed by atoms with E-state index in [1.807, 2.05) is 12.5 Å². The van der Waals surface area contributed by atoms with Gasteiger partial charge in [0, 0.05) is 24.8 Å². The molecular weight excluding hydrogens is 222 g/mol. The van der Waals surface area contributed by atoms with Gasteiger partial charge in [-0.05, 0) is 12.8 Å². The van der Waals surface area contributed by atoms with Crippen LogP contribution in [0.3, 0.4) is 0 Å². The molecule has 1 aliphatic rings. The molecule has 3 heteroatoms. The average molecular weight is 249 g/mol. The Kier molecular flexibility index (Phi) is 5.24. The molecule has 0 aromatic carbocycles. The van der Waals surface area contributed by atoms with Crippen LogP contribution in [0.25, 0.3) is 0 Å². The highest BCUT2D eigenvalue weighted by molar-refractivity contribution is 5.00. The predicted octanol–water partition coefficient (Wildman–Crippen LogP) is 3.67. The van der Waals surface area contributed by atoms with Crippen LogP contribution < -0.4 is 5.32 Å². The molecule has 0 radical (unpaired) electrons. The molecule has 18 heavy (non-hydrogen) atoms. The summed E-state index contributed by atoms with van der Waals surface area (Å²) >= 11 is 0. The zero-order valence-electron chi connectivity index (χ0n) is 11.9. The van der Waals surface area contributed by atoms with Crippen molar-refractivity contribution in [1.29, 1.82) is 0 Å². The minimum Gasteiger partial charge on any atom is -0.330 e. The fraction of sp³-hybridized carbons (Fsp3) is 0.800. The third-order valence-corrected chi connectivity index (χ3v) is 3.91. The molecule has 0 spiro atoms. The van der Waals surface area contributed by atoms with Gasteiger partial charge >= 0.3 is 0 Å². The Balaban J connectivity index is 1.99. The van der Waals surface area contributed by atoms with E-state index in [-0.39, 0.29) is 0 Å². The van der Waals surface area contributed by atoms with Crippen LogP contribution >= 0.6 is 0 Å². The molecule has 1 aromatic rings. The Morgan fingerprint density at radius 1 is 1.22 bits per heavy atom. The standard InChI is InChI=1S/C15H27N3/c1-13(2)17-11-15-10-16-12-18(15)14-8-6-4-3-5-7-9-14/h10,12-14,17H,3-9,11H2,1-2H3. The van der Waals surface area contributed by atoms with E-state index in [1.54, 1.807) is 0 Å². The molecule has 0 amide bonds. The van der Waals surface area contributed by atoms with Gasteiger partial charge in [0.2, 0.25) is 0 Å². The highest BCUT2D eigenvalue weighted by Gasteiger charge is 2.15. The van der Waals surface area contributed by atoms with E-state index >= 15 is 0 Å². The van der Waals surface area contributed by atoms with Crippen LogP contribution in [-0.2, 0) is 6.54 Å². The first kappa shape index (κ1) is 13.6. The number of hydrogen-bond acceptors (Lipinski definition) is 2. The van der Waals surface area contributed by atoms with Crippen molar-refractivity contribution < 1.29 is 0 Å². The number of aromatic nitrogens is 2. The van der Waals surface area contributed by atoms with Gasteiger partial charge in [-0.2, -0.15) is 0 Å². The largest absolute Gasteiger partial charge is 0.330 e. The van der Waals surface area contributed by atoms with Crippen LogP contribution in [0, 0.1) is 0 Å². The smallest absolute Gasteiger partial charge is 0.0951 e. The van der Waals surface area contributed by atoms with Crippen molar-refractivity contribution in [1.82, 2.24) is 14.9 Å². The van der Waals surface area contributed by atoms with Gasteiger partial charge in [-0.25, -0.2) is 4.98 Å². The minimum atomic E-state index is 0.533. The lowest BCUT2D eigenvalue weighted by Crippen LogP contribution is -2.24. The van der Waals surface area contributed by atoms with Crippen molar-refractivity contribution in [3.05, 3.63) is 18.2 Å². The summed E-state index contributed by atoms with van der Waals surface area (Å²) in [7, 11) is 0. The van der Waals surface area contributed by atoms with Gasteiger partial charge in [0.25, 0.3) is 0 Å². The zero-order valence-corrected chi connectivity index (χ0v) is 11.9. The second-order valence-electron chi connectivity index (χ2n) is 5.83. The Morgan fingerprint density at radius 2 is 1.89 bits per heavy atom. The van der Waals surface area contributed by atoms with Gasteiger partial charge in [-0.1, -0.05) is 46.0 Å². The van der Waals surface area contributed by atoms with E-state index in [9.17, 15) is 0 Å². The van der Waals surface area contributed by atoms with Gasteiger partial charge < -0.3 is 9.88 Å². The average Bonchev–Trinajstić information content (AvgIpc) is 2.74. The molecule has 0 atom stereocenters. The molecule has 0 bridgehead atoms. The maximum atomic E-state index is 4.35. The summed E-state index contributed by atoms with van der Waals surface area (Å²) < 4.78 is 2.42. The summed E-state index contributed by atoms with van der Waals surface area (Å²) in [6.07, 6.45) is 13.7. The quantitative estimate of drug-likeness (QED) is 0.882. The Hall–Kier alpha value is -0.830. The topological polar surface area (TPSA) is 29.9 Å². The van der Waals surface area contributed by atoms with E-state index in [0.29, 0.717) is 12.1 Å². The molecule has 1 fully saturated rings. The monoisotopic (exact) mass is 249 g/mol. The number of nitrogens with one attached hydrogen (secondary N) is 1. The summed E-state index contributed by atoms with van der Waals surface area (Å²) in [5.41, 5.74) is 1.34. The summed E-state index contributed by atoms with van der Waals surface area (Å²) in [4.78, 5) is 4.35. The van der Waals surface area contributed by atoms with Crippen molar-refractivity contribution in [3.8, 4) is 0 Å².